The SMILES string of the molecule is CS(=O)(=O)CC(Cc1ccncc1)NN. The number of sulfone groups is 1. The molecule has 0 fully saturated rings. The monoisotopic (exact) mass is 229 g/mol. The lowest BCUT2D eigenvalue weighted by Gasteiger charge is -2.14. The third-order valence-electron chi connectivity index (χ3n) is 1.97. The van der Waals surface area contributed by atoms with Crippen LogP contribution in [0.1, 0.15) is 5.56 Å². The molecule has 1 unspecified atom stereocenters. The first kappa shape index (κ1) is 12.1. The number of pyridine rings is 1. The highest BCUT2D eigenvalue weighted by atomic mass is 32.2. The van der Waals surface area contributed by atoms with E-state index >= 15 is 0 Å². The maximum atomic E-state index is 11.1. The zero-order valence-electron chi connectivity index (χ0n) is 8.55. The number of aromatic nitrogens is 1. The van der Waals surface area contributed by atoms with Crippen molar-refractivity contribution in [1.82, 2.24) is 10.4 Å². The number of nitrogens with zero attached hydrogens (tertiary/aromatic N) is 1. The zero-order chi connectivity index (χ0) is 11.3. The van der Waals surface area contributed by atoms with Crippen molar-refractivity contribution in [2.45, 2.75) is 12.5 Å². The van der Waals surface area contributed by atoms with Crippen LogP contribution in [0, 0.1) is 0 Å². The number of rotatable bonds is 5. The Morgan fingerprint density at radius 2 is 2.07 bits per heavy atom. The highest BCUT2D eigenvalue weighted by Crippen LogP contribution is 2.03. The summed E-state index contributed by atoms with van der Waals surface area (Å²) in [4.78, 5) is 3.88. The van der Waals surface area contributed by atoms with E-state index in [2.05, 4.69) is 10.4 Å². The quantitative estimate of drug-likeness (QED) is 0.525. The molecule has 5 nitrogen and oxygen atoms in total. The van der Waals surface area contributed by atoms with E-state index in [9.17, 15) is 8.42 Å². The van der Waals surface area contributed by atoms with Crippen molar-refractivity contribution in [2.24, 2.45) is 5.84 Å². The molecule has 1 rings (SSSR count). The van der Waals surface area contributed by atoms with E-state index in [0.717, 1.165) is 5.56 Å². The molecule has 1 heterocycles. The Hall–Kier alpha value is -0.980. The van der Waals surface area contributed by atoms with Gasteiger partial charge < -0.3 is 0 Å². The molecular weight excluding hydrogens is 214 g/mol. The number of nitrogens with two attached hydrogens (primary N) is 1. The maximum Gasteiger partial charge on any atom is 0.149 e. The van der Waals surface area contributed by atoms with Gasteiger partial charge >= 0.3 is 0 Å². The minimum Gasteiger partial charge on any atom is -0.271 e. The van der Waals surface area contributed by atoms with Gasteiger partial charge in [0, 0.05) is 24.7 Å². The molecular formula is C9H15N3O2S. The van der Waals surface area contributed by atoms with E-state index in [1.807, 2.05) is 12.1 Å². The van der Waals surface area contributed by atoms with Gasteiger partial charge in [-0.3, -0.25) is 16.3 Å². The molecule has 0 spiro atoms. The van der Waals surface area contributed by atoms with E-state index < -0.39 is 9.84 Å². The normalized spacial score (nSPS) is 13.7. The van der Waals surface area contributed by atoms with Crippen LogP contribution in [-0.2, 0) is 16.3 Å². The first-order valence-corrected chi connectivity index (χ1v) is 6.60. The molecule has 0 aliphatic heterocycles. The zero-order valence-corrected chi connectivity index (χ0v) is 9.37. The van der Waals surface area contributed by atoms with Crippen molar-refractivity contribution >= 4 is 9.84 Å². The molecule has 0 aliphatic carbocycles. The van der Waals surface area contributed by atoms with Gasteiger partial charge in [-0.2, -0.15) is 0 Å². The summed E-state index contributed by atoms with van der Waals surface area (Å²) in [5.41, 5.74) is 3.52. The molecule has 6 heteroatoms. The van der Waals surface area contributed by atoms with Gasteiger partial charge in [0.1, 0.15) is 9.84 Å². The van der Waals surface area contributed by atoms with Gasteiger partial charge in [0.25, 0.3) is 0 Å². The predicted molar refractivity (Wildman–Crippen MR) is 58.8 cm³/mol. The number of nitrogens with one attached hydrogen (secondary N) is 1. The molecule has 15 heavy (non-hydrogen) atoms. The molecule has 1 atom stereocenters. The first-order valence-electron chi connectivity index (χ1n) is 4.54. The molecule has 0 saturated carbocycles. The molecule has 3 N–H and O–H groups in total. The predicted octanol–water partition coefficient (Wildman–Crippen LogP) is -0.499. The van der Waals surface area contributed by atoms with E-state index in [1.54, 1.807) is 12.4 Å². The van der Waals surface area contributed by atoms with Crippen LogP contribution in [0.25, 0.3) is 0 Å². The van der Waals surface area contributed by atoms with Gasteiger partial charge in [0.2, 0.25) is 0 Å². The highest BCUT2D eigenvalue weighted by molar-refractivity contribution is 7.90. The molecule has 1 aromatic rings. The summed E-state index contributed by atoms with van der Waals surface area (Å²) in [6.45, 7) is 0. The summed E-state index contributed by atoms with van der Waals surface area (Å²) < 4.78 is 22.2. The van der Waals surface area contributed by atoms with Crippen LogP contribution in [0.4, 0.5) is 0 Å². The molecule has 0 aromatic carbocycles. The second-order valence-corrected chi connectivity index (χ2v) is 5.70. The Morgan fingerprint density at radius 3 is 2.53 bits per heavy atom. The fourth-order valence-electron chi connectivity index (χ4n) is 1.33. The summed E-state index contributed by atoms with van der Waals surface area (Å²) >= 11 is 0. The van der Waals surface area contributed by atoms with Crippen molar-refractivity contribution in [3.8, 4) is 0 Å². The minimum atomic E-state index is -3.01. The number of hydrogen-bond donors (Lipinski definition) is 2. The van der Waals surface area contributed by atoms with Crippen molar-refractivity contribution in [3.63, 3.8) is 0 Å². The molecule has 0 saturated heterocycles. The maximum absolute atomic E-state index is 11.1. The van der Waals surface area contributed by atoms with Crippen LogP contribution in [0.2, 0.25) is 0 Å². The van der Waals surface area contributed by atoms with E-state index in [0.29, 0.717) is 6.42 Å². The molecule has 0 amide bonds. The summed E-state index contributed by atoms with van der Waals surface area (Å²) in [5.74, 6) is 5.33. The van der Waals surface area contributed by atoms with Crippen LogP contribution in [0.15, 0.2) is 24.5 Å². The van der Waals surface area contributed by atoms with E-state index in [-0.39, 0.29) is 11.8 Å². The molecule has 0 radical (unpaired) electrons. The minimum absolute atomic E-state index is 0.0336. The Morgan fingerprint density at radius 1 is 1.47 bits per heavy atom. The lowest BCUT2D eigenvalue weighted by molar-refractivity contribution is 0.546. The van der Waals surface area contributed by atoms with Crippen LogP contribution >= 0.6 is 0 Å². The fraction of sp³-hybridized carbons (Fsp3) is 0.444. The number of hydrazine groups is 1. The van der Waals surface area contributed by atoms with E-state index in [4.69, 9.17) is 5.84 Å². The van der Waals surface area contributed by atoms with Crippen LogP contribution in [-0.4, -0.2) is 31.5 Å². The Kier molecular flexibility index (Phi) is 4.19. The lowest BCUT2D eigenvalue weighted by atomic mass is 10.1. The van der Waals surface area contributed by atoms with Crippen molar-refractivity contribution in [2.75, 3.05) is 12.0 Å². The summed E-state index contributed by atoms with van der Waals surface area (Å²) in [7, 11) is -3.01. The smallest absolute Gasteiger partial charge is 0.149 e. The fourth-order valence-corrected chi connectivity index (χ4v) is 2.28. The Bertz CT molecular complexity index is 391. The lowest BCUT2D eigenvalue weighted by Crippen LogP contribution is -2.41. The van der Waals surface area contributed by atoms with Gasteiger partial charge in [-0.1, -0.05) is 0 Å². The Balaban J connectivity index is 2.63. The second kappa shape index (κ2) is 5.20. The van der Waals surface area contributed by atoms with Crippen molar-refractivity contribution < 1.29 is 8.42 Å². The van der Waals surface area contributed by atoms with Gasteiger partial charge in [-0.15, -0.1) is 0 Å². The van der Waals surface area contributed by atoms with Crippen molar-refractivity contribution in [3.05, 3.63) is 30.1 Å². The van der Waals surface area contributed by atoms with E-state index in [1.165, 1.54) is 6.26 Å². The van der Waals surface area contributed by atoms with Gasteiger partial charge in [0.15, 0.2) is 0 Å². The van der Waals surface area contributed by atoms with Crippen molar-refractivity contribution in [1.29, 1.82) is 0 Å². The van der Waals surface area contributed by atoms with Crippen LogP contribution in [0.5, 0.6) is 0 Å². The third kappa shape index (κ3) is 4.87. The van der Waals surface area contributed by atoms with Gasteiger partial charge in [-0.25, -0.2) is 8.42 Å². The average Bonchev–Trinajstić information content (AvgIpc) is 2.16. The molecule has 0 aliphatic rings. The third-order valence-corrected chi connectivity index (χ3v) is 2.98. The number of hydrogen-bond acceptors (Lipinski definition) is 5. The van der Waals surface area contributed by atoms with Crippen LogP contribution in [0.3, 0.4) is 0 Å². The largest absolute Gasteiger partial charge is 0.271 e. The topological polar surface area (TPSA) is 85.1 Å². The molecule has 84 valence electrons. The second-order valence-electron chi connectivity index (χ2n) is 3.52. The first-order chi connectivity index (χ1) is 7.01. The van der Waals surface area contributed by atoms with Gasteiger partial charge in [0.05, 0.1) is 5.75 Å². The average molecular weight is 229 g/mol. The standard InChI is InChI=1S/C9H15N3O2S/c1-15(13,14)7-9(12-10)6-8-2-4-11-5-3-8/h2-5,9,12H,6-7,10H2,1H3. The summed E-state index contributed by atoms with van der Waals surface area (Å²) in [6, 6.07) is 3.42. The van der Waals surface area contributed by atoms with Gasteiger partial charge in [-0.05, 0) is 24.1 Å². The Labute approximate surface area is 89.6 Å². The highest BCUT2D eigenvalue weighted by Gasteiger charge is 2.14. The molecule has 1 aromatic heterocycles. The summed E-state index contributed by atoms with van der Waals surface area (Å²) in [6.07, 6.45) is 5.11. The van der Waals surface area contributed by atoms with Crippen LogP contribution < -0.4 is 11.3 Å². The molecule has 0 bridgehead atoms. The summed E-state index contributed by atoms with van der Waals surface area (Å²) in [5, 5.41) is 0.